The number of nitrogens with zero attached hydrogens (tertiary/aromatic N) is 1. The Labute approximate surface area is 81.1 Å². The summed E-state index contributed by atoms with van der Waals surface area (Å²) in [6.07, 6.45) is 1.44. The van der Waals surface area contributed by atoms with Gasteiger partial charge in [-0.1, -0.05) is 12.1 Å². The van der Waals surface area contributed by atoms with Gasteiger partial charge in [0.15, 0.2) is 5.11 Å². The van der Waals surface area contributed by atoms with Crippen LogP contribution in [0, 0.1) is 0 Å². The van der Waals surface area contributed by atoms with E-state index in [2.05, 4.69) is 22.7 Å². The van der Waals surface area contributed by atoms with E-state index in [-0.39, 0.29) is 10.9 Å². The van der Waals surface area contributed by atoms with Crippen molar-refractivity contribution in [3.05, 3.63) is 29.8 Å². The third kappa shape index (κ3) is 3.08. The predicted molar refractivity (Wildman–Crippen MR) is 55.6 cm³/mol. The molecular weight excluding hydrogens is 186 g/mol. The van der Waals surface area contributed by atoms with Crippen LogP contribution in [0.2, 0.25) is 0 Å². The maximum atomic E-state index is 9.29. The number of thiocarbonyl (C=S) groups is 1. The van der Waals surface area contributed by atoms with Crippen LogP contribution in [-0.2, 0) is 0 Å². The van der Waals surface area contributed by atoms with E-state index >= 15 is 0 Å². The second kappa shape index (κ2) is 4.42. The highest BCUT2D eigenvalue weighted by Gasteiger charge is 1.93. The summed E-state index contributed by atoms with van der Waals surface area (Å²) in [7, 11) is 0. The lowest BCUT2D eigenvalue weighted by Crippen LogP contribution is -2.23. The van der Waals surface area contributed by atoms with Gasteiger partial charge in [0.1, 0.15) is 5.75 Å². The molecular formula is C8H9N3OS. The highest BCUT2D eigenvalue weighted by atomic mass is 32.1. The number of rotatable bonds is 2. The van der Waals surface area contributed by atoms with Gasteiger partial charge in [0.05, 0.1) is 6.21 Å². The van der Waals surface area contributed by atoms with Gasteiger partial charge in [-0.3, -0.25) is 5.43 Å². The zero-order valence-corrected chi connectivity index (χ0v) is 7.58. The Morgan fingerprint density at radius 2 is 2.23 bits per heavy atom. The van der Waals surface area contributed by atoms with Gasteiger partial charge in [0.25, 0.3) is 0 Å². The third-order valence-corrected chi connectivity index (χ3v) is 1.41. The zero-order chi connectivity index (χ0) is 9.68. The van der Waals surface area contributed by atoms with Gasteiger partial charge in [-0.05, 0) is 24.4 Å². The van der Waals surface area contributed by atoms with Gasteiger partial charge in [-0.25, -0.2) is 0 Å². The standard InChI is InChI=1S/C8H9N3OS/c9-8(13)11-10-5-6-3-1-2-4-7(6)12/h1-5,12H,(H3,9,11,13)/b10-5-. The number of hydrazone groups is 1. The van der Waals surface area contributed by atoms with Crippen LogP contribution in [-0.4, -0.2) is 16.4 Å². The van der Waals surface area contributed by atoms with E-state index in [1.165, 1.54) is 6.21 Å². The molecule has 0 aliphatic carbocycles. The average molecular weight is 195 g/mol. The first-order valence-electron chi connectivity index (χ1n) is 3.56. The monoisotopic (exact) mass is 195 g/mol. The molecule has 4 nitrogen and oxygen atoms in total. The minimum absolute atomic E-state index is 0.0895. The predicted octanol–water partition coefficient (Wildman–Crippen LogP) is 0.559. The quantitative estimate of drug-likeness (QED) is 0.366. The summed E-state index contributed by atoms with van der Waals surface area (Å²) >= 11 is 4.53. The lowest BCUT2D eigenvalue weighted by Gasteiger charge is -1.97. The summed E-state index contributed by atoms with van der Waals surface area (Å²) in [6, 6.07) is 6.82. The van der Waals surface area contributed by atoms with E-state index in [0.717, 1.165) is 0 Å². The van der Waals surface area contributed by atoms with E-state index in [9.17, 15) is 5.11 Å². The molecule has 68 valence electrons. The van der Waals surface area contributed by atoms with E-state index in [1.54, 1.807) is 24.3 Å². The first kappa shape index (κ1) is 9.47. The molecule has 0 unspecified atom stereocenters. The van der Waals surface area contributed by atoms with Crippen LogP contribution in [0.15, 0.2) is 29.4 Å². The molecule has 1 aromatic rings. The van der Waals surface area contributed by atoms with E-state index in [0.29, 0.717) is 5.56 Å². The number of benzene rings is 1. The molecule has 5 heteroatoms. The molecule has 1 aromatic carbocycles. The van der Waals surface area contributed by atoms with Gasteiger partial charge in [-0.2, -0.15) is 5.10 Å². The Morgan fingerprint density at radius 1 is 1.54 bits per heavy atom. The van der Waals surface area contributed by atoms with E-state index < -0.39 is 0 Å². The largest absolute Gasteiger partial charge is 0.507 e. The van der Waals surface area contributed by atoms with Crippen LogP contribution in [0.5, 0.6) is 5.75 Å². The summed E-state index contributed by atoms with van der Waals surface area (Å²) in [5.74, 6) is 0.163. The summed E-state index contributed by atoms with van der Waals surface area (Å²) in [4.78, 5) is 0. The van der Waals surface area contributed by atoms with Crippen LogP contribution >= 0.6 is 12.2 Å². The molecule has 0 heterocycles. The number of nitrogens with two attached hydrogens (primary N) is 1. The fourth-order valence-electron chi connectivity index (χ4n) is 0.762. The summed E-state index contributed by atoms with van der Waals surface area (Å²) in [5.41, 5.74) is 8.13. The Hall–Kier alpha value is -1.62. The molecule has 0 aliphatic heterocycles. The highest BCUT2D eigenvalue weighted by molar-refractivity contribution is 7.80. The second-order valence-electron chi connectivity index (χ2n) is 2.29. The fraction of sp³-hybridized carbons (Fsp3) is 0. The van der Waals surface area contributed by atoms with Gasteiger partial charge >= 0.3 is 0 Å². The van der Waals surface area contributed by atoms with Crippen LogP contribution in [0.3, 0.4) is 0 Å². The van der Waals surface area contributed by atoms with Crippen molar-refractivity contribution < 1.29 is 5.11 Å². The van der Waals surface area contributed by atoms with Crippen molar-refractivity contribution in [2.75, 3.05) is 0 Å². The van der Waals surface area contributed by atoms with Crippen molar-refractivity contribution in [3.63, 3.8) is 0 Å². The van der Waals surface area contributed by atoms with Crippen molar-refractivity contribution in [3.8, 4) is 5.75 Å². The topological polar surface area (TPSA) is 70.6 Å². The molecule has 4 N–H and O–H groups in total. The third-order valence-electron chi connectivity index (χ3n) is 1.32. The van der Waals surface area contributed by atoms with E-state index in [4.69, 9.17) is 5.73 Å². The Morgan fingerprint density at radius 3 is 2.85 bits per heavy atom. The van der Waals surface area contributed by atoms with Gasteiger partial charge in [0.2, 0.25) is 0 Å². The van der Waals surface area contributed by atoms with Crippen LogP contribution in [0.25, 0.3) is 0 Å². The van der Waals surface area contributed by atoms with Crippen LogP contribution in [0.4, 0.5) is 0 Å². The first-order valence-corrected chi connectivity index (χ1v) is 3.97. The molecule has 0 radical (unpaired) electrons. The molecule has 0 atom stereocenters. The SMILES string of the molecule is NC(=S)N/N=C\c1ccccc1O. The van der Waals surface area contributed by atoms with E-state index in [1.807, 2.05) is 0 Å². The number of phenolic OH excluding ortho intramolecular Hbond substituents is 1. The molecule has 1 rings (SSSR count). The molecule has 0 bridgehead atoms. The van der Waals surface area contributed by atoms with Crippen molar-refractivity contribution in [1.82, 2.24) is 5.43 Å². The summed E-state index contributed by atoms with van der Waals surface area (Å²) in [5, 5.41) is 13.1. The highest BCUT2D eigenvalue weighted by Crippen LogP contribution is 2.12. The number of hydrogen-bond acceptors (Lipinski definition) is 3. The number of para-hydroxylation sites is 1. The fourth-order valence-corrected chi connectivity index (χ4v) is 0.815. The second-order valence-corrected chi connectivity index (χ2v) is 2.73. The first-order chi connectivity index (χ1) is 6.20. The van der Waals surface area contributed by atoms with Gasteiger partial charge in [0, 0.05) is 5.56 Å². The lowest BCUT2D eigenvalue weighted by atomic mass is 10.2. The molecule has 0 fully saturated rings. The Balaban J connectivity index is 2.68. The molecule has 13 heavy (non-hydrogen) atoms. The van der Waals surface area contributed by atoms with Crippen LogP contribution < -0.4 is 11.2 Å². The summed E-state index contributed by atoms with van der Waals surface area (Å²) in [6.45, 7) is 0. The molecule has 0 aliphatic rings. The normalized spacial score (nSPS) is 10.2. The smallest absolute Gasteiger partial charge is 0.184 e. The maximum Gasteiger partial charge on any atom is 0.184 e. The molecule has 0 amide bonds. The van der Waals surface area contributed by atoms with Crippen molar-refractivity contribution in [2.45, 2.75) is 0 Å². The maximum absolute atomic E-state index is 9.29. The van der Waals surface area contributed by atoms with Crippen molar-refractivity contribution >= 4 is 23.5 Å². The minimum Gasteiger partial charge on any atom is -0.507 e. The van der Waals surface area contributed by atoms with Crippen molar-refractivity contribution in [1.29, 1.82) is 0 Å². The van der Waals surface area contributed by atoms with Gasteiger partial charge in [-0.15, -0.1) is 0 Å². The van der Waals surface area contributed by atoms with Crippen LogP contribution in [0.1, 0.15) is 5.56 Å². The Bertz CT molecular complexity index is 338. The molecule has 0 saturated carbocycles. The number of aromatic hydroxyl groups is 1. The van der Waals surface area contributed by atoms with Gasteiger partial charge < -0.3 is 10.8 Å². The van der Waals surface area contributed by atoms with Crippen molar-refractivity contribution in [2.24, 2.45) is 10.8 Å². The number of phenols is 1. The molecule has 0 saturated heterocycles. The lowest BCUT2D eigenvalue weighted by molar-refractivity contribution is 0.474. The number of nitrogens with one attached hydrogen (secondary N) is 1. The molecule has 0 aromatic heterocycles. The average Bonchev–Trinajstić information content (AvgIpc) is 2.08. The number of hydrogen-bond donors (Lipinski definition) is 3. The minimum atomic E-state index is 0.0895. The Kier molecular flexibility index (Phi) is 3.22. The summed E-state index contributed by atoms with van der Waals surface area (Å²) < 4.78 is 0. The molecule has 0 spiro atoms. The zero-order valence-electron chi connectivity index (χ0n) is 6.77.